The molecule has 6 heteroatoms. The number of hydrogen-bond acceptors (Lipinski definition) is 3. The second-order valence-electron chi connectivity index (χ2n) is 4.15. The van der Waals surface area contributed by atoms with Gasteiger partial charge in [0.05, 0.1) is 12.7 Å². The first-order chi connectivity index (χ1) is 9.47. The van der Waals surface area contributed by atoms with Crippen LogP contribution in [0.15, 0.2) is 23.0 Å². The number of methoxy groups -OCH3 is 1. The normalized spacial score (nSPS) is 10.2. The van der Waals surface area contributed by atoms with Crippen molar-refractivity contribution in [1.82, 2.24) is 4.98 Å². The zero-order chi connectivity index (χ0) is 14.9. The molecule has 1 aromatic heterocycles. The third kappa shape index (κ3) is 2.26. The van der Waals surface area contributed by atoms with E-state index in [1.807, 2.05) is 0 Å². The van der Waals surface area contributed by atoms with E-state index in [9.17, 15) is 13.6 Å². The lowest BCUT2D eigenvalue weighted by Crippen LogP contribution is -2.13. The average molecular weight is 276 g/mol. The molecule has 0 radical (unpaired) electrons. The molecule has 0 fully saturated rings. The molecule has 2 rings (SSSR count). The molecule has 0 aliphatic heterocycles. The van der Waals surface area contributed by atoms with Crippen LogP contribution in [0.4, 0.5) is 8.78 Å². The Labute approximate surface area is 113 Å². The Hall–Kier alpha value is -2.68. The van der Waals surface area contributed by atoms with Crippen LogP contribution in [-0.2, 0) is 0 Å². The SMILES string of the molecule is COc1cc(F)cc(F)c1-c1cc(C)[nH]c(=O)c1C#N. The molecule has 102 valence electrons. The molecule has 1 heterocycles. The number of nitrogens with one attached hydrogen (secondary N) is 1. The molecule has 4 nitrogen and oxygen atoms in total. The van der Waals surface area contributed by atoms with Crippen LogP contribution < -0.4 is 10.3 Å². The number of aromatic nitrogens is 1. The first kappa shape index (κ1) is 13.7. The van der Waals surface area contributed by atoms with Crippen molar-refractivity contribution in [2.75, 3.05) is 7.11 Å². The summed E-state index contributed by atoms with van der Waals surface area (Å²) in [6.45, 7) is 1.60. The monoisotopic (exact) mass is 276 g/mol. The molecular weight excluding hydrogens is 266 g/mol. The highest BCUT2D eigenvalue weighted by atomic mass is 19.1. The third-order valence-electron chi connectivity index (χ3n) is 2.79. The second kappa shape index (κ2) is 5.13. The Bertz CT molecular complexity index is 776. The minimum absolute atomic E-state index is 0.0723. The molecule has 0 spiro atoms. The highest BCUT2D eigenvalue weighted by molar-refractivity contribution is 5.76. The maximum absolute atomic E-state index is 14.0. The minimum Gasteiger partial charge on any atom is -0.496 e. The number of nitrogens with zero attached hydrogens (tertiary/aromatic N) is 1. The number of benzene rings is 1. The van der Waals surface area contributed by atoms with Crippen LogP contribution in [0.1, 0.15) is 11.3 Å². The fourth-order valence-electron chi connectivity index (χ4n) is 1.97. The molecule has 0 saturated carbocycles. The lowest BCUT2D eigenvalue weighted by atomic mass is 9.99. The van der Waals surface area contributed by atoms with Crippen molar-refractivity contribution in [3.05, 3.63) is 51.4 Å². The second-order valence-corrected chi connectivity index (χ2v) is 4.15. The maximum atomic E-state index is 14.0. The Morgan fingerprint density at radius 1 is 1.30 bits per heavy atom. The lowest BCUT2D eigenvalue weighted by Gasteiger charge is -2.11. The minimum atomic E-state index is -0.900. The summed E-state index contributed by atoms with van der Waals surface area (Å²) in [6.07, 6.45) is 0. The van der Waals surface area contributed by atoms with E-state index in [1.54, 1.807) is 13.0 Å². The topological polar surface area (TPSA) is 65.9 Å². The predicted molar refractivity (Wildman–Crippen MR) is 68.4 cm³/mol. The number of nitriles is 1. The number of aryl methyl sites for hydroxylation is 1. The summed E-state index contributed by atoms with van der Waals surface area (Å²) >= 11 is 0. The molecule has 0 bridgehead atoms. The van der Waals surface area contributed by atoms with Crippen molar-refractivity contribution in [3.63, 3.8) is 0 Å². The Morgan fingerprint density at radius 3 is 2.60 bits per heavy atom. The van der Waals surface area contributed by atoms with Gasteiger partial charge in [-0.25, -0.2) is 8.78 Å². The van der Waals surface area contributed by atoms with Gasteiger partial charge in [0.15, 0.2) is 0 Å². The van der Waals surface area contributed by atoms with Crippen LogP contribution in [-0.4, -0.2) is 12.1 Å². The highest BCUT2D eigenvalue weighted by Crippen LogP contribution is 2.34. The third-order valence-corrected chi connectivity index (χ3v) is 2.79. The van der Waals surface area contributed by atoms with Crippen molar-refractivity contribution < 1.29 is 13.5 Å². The molecule has 0 unspecified atom stereocenters. The van der Waals surface area contributed by atoms with Crippen molar-refractivity contribution >= 4 is 0 Å². The van der Waals surface area contributed by atoms with Crippen LogP contribution in [0.25, 0.3) is 11.1 Å². The van der Waals surface area contributed by atoms with Gasteiger partial charge in [-0.15, -0.1) is 0 Å². The number of pyridine rings is 1. The standard InChI is InChI=1S/C14H10F2N2O2/c1-7-3-9(10(6-17)14(19)18-7)13-11(16)4-8(15)5-12(13)20-2/h3-5H,1-2H3,(H,18,19). The summed E-state index contributed by atoms with van der Waals surface area (Å²) in [5.41, 5.74) is -0.467. The van der Waals surface area contributed by atoms with Gasteiger partial charge in [-0.05, 0) is 13.0 Å². The van der Waals surface area contributed by atoms with Crippen LogP contribution >= 0.6 is 0 Å². The number of rotatable bonds is 2. The van der Waals surface area contributed by atoms with Crippen molar-refractivity contribution in [2.24, 2.45) is 0 Å². The quantitative estimate of drug-likeness (QED) is 0.916. The summed E-state index contributed by atoms with van der Waals surface area (Å²) in [4.78, 5) is 14.2. The van der Waals surface area contributed by atoms with Gasteiger partial charge in [0, 0.05) is 23.4 Å². The average Bonchev–Trinajstić information content (AvgIpc) is 2.36. The fourth-order valence-corrected chi connectivity index (χ4v) is 1.97. The molecule has 1 N–H and O–H groups in total. The largest absolute Gasteiger partial charge is 0.496 e. The molecule has 0 saturated heterocycles. The van der Waals surface area contributed by atoms with Crippen LogP contribution in [0, 0.1) is 29.9 Å². The molecule has 2 aromatic rings. The van der Waals surface area contributed by atoms with Crippen molar-refractivity contribution in [2.45, 2.75) is 6.92 Å². The van der Waals surface area contributed by atoms with Crippen molar-refractivity contribution in [1.29, 1.82) is 5.26 Å². The van der Waals surface area contributed by atoms with Gasteiger partial charge in [0.2, 0.25) is 0 Å². The number of H-pyrrole nitrogens is 1. The summed E-state index contributed by atoms with van der Waals surface area (Å²) in [6, 6.07) is 4.84. The van der Waals surface area contributed by atoms with E-state index in [2.05, 4.69) is 4.98 Å². The van der Waals surface area contributed by atoms with Crippen LogP contribution in [0.5, 0.6) is 5.75 Å². The Balaban J connectivity index is 2.89. The van der Waals surface area contributed by atoms with E-state index in [-0.39, 0.29) is 22.4 Å². The Morgan fingerprint density at radius 2 is 2.00 bits per heavy atom. The first-order valence-corrected chi connectivity index (χ1v) is 5.65. The van der Waals surface area contributed by atoms with Crippen LogP contribution in [0.2, 0.25) is 0 Å². The highest BCUT2D eigenvalue weighted by Gasteiger charge is 2.19. The molecule has 0 aliphatic carbocycles. The summed E-state index contributed by atoms with van der Waals surface area (Å²) in [5, 5.41) is 9.05. The predicted octanol–water partition coefficient (Wildman–Crippen LogP) is 2.51. The molecular formula is C14H10F2N2O2. The van der Waals surface area contributed by atoms with Gasteiger partial charge in [-0.3, -0.25) is 4.79 Å². The molecule has 1 aromatic carbocycles. The summed E-state index contributed by atoms with van der Waals surface area (Å²) in [7, 11) is 1.25. The fraction of sp³-hybridized carbons (Fsp3) is 0.143. The van der Waals surface area contributed by atoms with E-state index >= 15 is 0 Å². The van der Waals surface area contributed by atoms with E-state index in [0.29, 0.717) is 11.8 Å². The number of ether oxygens (including phenoxy) is 1. The zero-order valence-corrected chi connectivity index (χ0v) is 10.8. The van der Waals surface area contributed by atoms with Gasteiger partial charge >= 0.3 is 0 Å². The van der Waals surface area contributed by atoms with E-state index in [4.69, 9.17) is 10.00 Å². The molecule has 0 aliphatic rings. The molecule has 20 heavy (non-hydrogen) atoms. The maximum Gasteiger partial charge on any atom is 0.266 e. The Kier molecular flexibility index (Phi) is 3.53. The van der Waals surface area contributed by atoms with Gasteiger partial charge in [-0.1, -0.05) is 0 Å². The van der Waals surface area contributed by atoms with E-state index in [0.717, 1.165) is 6.07 Å². The summed E-state index contributed by atoms with van der Waals surface area (Å²) < 4.78 is 32.2. The van der Waals surface area contributed by atoms with Crippen molar-refractivity contribution in [3.8, 4) is 22.9 Å². The number of aromatic amines is 1. The van der Waals surface area contributed by atoms with Gasteiger partial charge in [-0.2, -0.15) is 5.26 Å². The first-order valence-electron chi connectivity index (χ1n) is 5.65. The van der Waals surface area contributed by atoms with E-state index in [1.165, 1.54) is 13.2 Å². The smallest absolute Gasteiger partial charge is 0.266 e. The number of hydrogen-bond donors (Lipinski definition) is 1. The van der Waals surface area contributed by atoms with E-state index < -0.39 is 17.2 Å². The van der Waals surface area contributed by atoms with Gasteiger partial charge < -0.3 is 9.72 Å². The summed E-state index contributed by atoms with van der Waals surface area (Å²) in [5.74, 6) is -1.78. The van der Waals surface area contributed by atoms with Crippen LogP contribution in [0.3, 0.4) is 0 Å². The number of halogens is 2. The lowest BCUT2D eigenvalue weighted by molar-refractivity contribution is 0.409. The zero-order valence-electron chi connectivity index (χ0n) is 10.8. The molecule has 0 amide bonds. The van der Waals surface area contributed by atoms with Gasteiger partial charge in [0.25, 0.3) is 5.56 Å². The molecule has 0 atom stereocenters. The van der Waals surface area contributed by atoms with Gasteiger partial charge in [0.1, 0.15) is 29.0 Å².